The van der Waals surface area contributed by atoms with Crippen molar-refractivity contribution in [2.75, 3.05) is 20.3 Å². The van der Waals surface area contributed by atoms with Gasteiger partial charge >= 0.3 is 0 Å². The van der Waals surface area contributed by atoms with E-state index in [0.29, 0.717) is 35.7 Å². The summed E-state index contributed by atoms with van der Waals surface area (Å²) < 4.78 is 46.5. The maximum atomic E-state index is 14.5. The van der Waals surface area contributed by atoms with Crippen molar-refractivity contribution < 1.29 is 32.9 Å². The highest BCUT2D eigenvalue weighted by molar-refractivity contribution is 9.10. The number of nitrogens with one attached hydrogen (secondary N) is 1. The highest BCUT2D eigenvalue weighted by atomic mass is 79.9. The van der Waals surface area contributed by atoms with E-state index in [-0.39, 0.29) is 31.0 Å². The fraction of sp³-hybridized carbons (Fsp3) is 0.235. The van der Waals surface area contributed by atoms with Crippen molar-refractivity contribution in [1.29, 1.82) is 0 Å². The summed E-state index contributed by atoms with van der Waals surface area (Å²) in [6, 6.07) is 25.1. The quantitative estimate of drug-likeness (QED) is 0.173. The minimum Gasteiger partial charge on any atom is -0.497 e. The van der Waals surface area contributed by atoms with Gasteiger partial charge < -0.3 is 24.6 Å². The van der Waals surface area contributed by atoms with Crippen LogP contribution in [0.4, 0.5) is 8.78 Å². The predicted molar refractivity (Wildman–Crippen MR) is 166 cm³/mol. The first kappa shape index (κ1) is 31.2. The fourth-order valence-electron chi connectivity index (χ4n) is 5.01. The summed E-state index contributed by atoms with van der Waals surface area (Å²) in [5, 5.41) is 11.9. The second-order valence-electron chi connectivity index (χ2n) is 10.3. The molecule has 4 aromatic rings. The van der Waals surface area contributed by atoms with Gasteiger partial charge in [0.15, 0.2) is 11.6 Å². The molecule has 0 saturated heterocycles. The van der Waals surface area contributed by atoms with E-state index in [1.54, 1.807) is 43.5 Å². The zero-order chi connectivity index (χ0) is 31.1. The Balaban J connectivity index is 1.58. The summed E-state index contributed by atoms with van der Waals surface area (Å²) in [7, 11) is 1.55. The van der Waals surface area contributed by atoms with Gasteiger partial charge in [-0.15, -0.1) is 0 Å². The van der Waals surface area contributed by atoms with Crippen LogP contribution in [0.5, 0.6) is 11.5 Å². The molecule has 0 aliphatic carbocycles. The number of rotatable bonds is 12. The molecule has 0 bridgehead atoms. The number of aliphatic hydroxyl groups excluding tert-OH is 1. The third-order valence-electron chi connectivity index (χ3n) is 7.30. The van der Waals surface area contributed by atoms with Gasteiger partial charge in [-0.05, 0) is 59.7 Å². The van der Waals surface area contributed by atoms with Crippen LogP contribution in [0.25, 0.3) is 0 Å². The molecule has 0 spiro atoms. The Hall–Kier alpha value is -4.28. The van der Waals surface area contributed by atoms with E-state index in [2.05, 4.69) is 21.2 Å². The van der Waals surface area contributed by atoms with Crippen LogP contribution in [0.2, 0.25) is 0 Å². The Morgan fingerprint density at radius 3 is 2.52 bits per heavy atom. The highest BCUT2D eigenvalue weighted by Crippen LogP contribution is 2.44. The van der Waals surface area contributed by atoms with Crippen molar-refractivity contribution >= 4 is 27.7 Å². The van der Waals surface area contributed by atoms with Crippen molar-refractivity contribution in [2.24, 2.45) is 4.99 Å². The molecule has 0 unspecified atom stereocenters. The number of ether oxygens (including phenoxy) is 3. The van der Waals surface area contributed by atoms with Gasteiger partial charge in [0.05, 0.1) is 13.7 Å². The number of nitrogens with zero attached hydrogens (tertiary/aromatic N) is 1. The van der Waals surface area contributed by atoms with Crippen molar-refractivity contribution in [2.45, 2.75) is 31.0 Å². The van der Waals surface area contributed by atoms with E-state index < -0.39 is 29.2 Å². The van der Waals surface area contributed by atoms with Gasteiger partial charge in [0, 0.05) is 47.7 Å². The SMILES string of the molecule is COc1cccc([C@H]2OC(c3ccc(OCCCO)cc3)=N[C@@]2(Cc2ccccc2Br)C(=O)NCc2ccc(F)cc2F)c1. The molecular weight excluding hydrogens is 634 g/mol. The van der Waals surface area contributed by atoms with Crippen molar-refractivity contribution in [3.8, 4) is 11.5 Å². The molecule has 0 radical (unpaired) electrons. The monoisotopic (exact) mass is 664 g/mol. The Morgan fingerprint density at radius 2 is 1.80 bits per heavy atom. The third-order valence-corrected chi connectivity index (χ3v) is 8.07. The van der Waals surface area contributed by atoms with Crippen LogP contribution in [-0.4, -0.2) is 42.8 Å². The third kappa shape index (κ3) is 6.92. The van der Waals surface area contributed by atoms with Crippen LogP contribution in [0.15, 0.2) is 100 Å². The van der Waals surface area contributed by atoms with E-state index in [1.807, 2.05) is 36.4 Å². The highest BCUT2D eigenvalue weighted by Gasteiger charge is 2.53. The van der Waals surface area contributed by atoms with E-state index in [4.69, 9.17) is 24.3 Å². The first-order valence-electron chi connectivity index (χ1n) is 14.0. The number of aliphatic imine (C=N–C) groups is 1. The molecular formula is C34H31BrF2N2O5. The fourth-order valence-corrected chi connectivity index (χ4v) is 5.44. The second-order valence-corrected chi connectivity index (χ2v) is 11.1. The van der Waals surface area contributed by atoms with Gasteiger partial charge in [-0.2, -0.15) is 0 Å². The average molecular weight is 666 g/mol. The second kappa shape index (κ2) is 14.0. The van der Waals surface area contributed by atoms with Crippen molar-refractivity contribution in [3.05, 3.63) is 129 Å². The van der Waals surface area contributed by atoms with Gasteiger partial charge in [0.1, 0.15) is 23.1 Å². The molecule has 1 heterocycles. The zero-order valence-corrected chi connectivity index (χ0v) is 25.5. The molecule has 0 saturated carbocycles. The molecule has 1 aliphatic heterocycles. The van der Waals surface area contributed by atoms with Crippen LogP contribution >= 0.6 is 15.9 Å². The molecule has 5 rings (SSSR count). The summed E-state index contributed by atoms with van der Waals surface area (Å²) >= 11 is 3.61. The molecule has 2 atom stereocenters. The number of hydrogen-bond acceptors (Lipinski definition) is 6. The Morgan fingerprint density at radius 1 is 1.00 bits per heavy atom. The number of halogens is 3. The van der Waals surface area contributed by atoms with Gasteiger partial charge in [0.25, 0.3) is 5.91 Å². The van der Waals surface area contributed by atoms with Crippen LogP contribution < -0.4 is 14.8 Å². The minimum atomic E-state index is -1.53. The molecule has 1 amide bonds. The lowest BCUT2D eigenvalue weighted by Crippen LogP contribution is -2.49. The number of carbonyl (C=O) groups is 1. The van der Waals surface area contributed by atoms with Crippen LogP contribution in [0, 0.1) is 11.6 Å². The van der Waals surface area contributed by atoms with Crippen LogP contribution in [0.3, 0.4) is 0 Å². The first-order valence-corrected chi connectivity index (χ1v) is 14.8. The summed E-state index contributed by atoms with van der Waals surface area (Å²) in [6.45, 7) is 0.219. The lowest BCUT2D eigenvalue weighted by Gasteiger charge is -2.31. The molecule has 0 fully saturated rings. The van der Waals surface area contributed by atoms with Gasteiger partial charge in [-0.3, -0.25) is 4.79 Å². The van der Waals surface area contributed by atoms with E-state index in [0.717, 1.165) is 22.2 Å². The largest absolute Gasteiger partial charge is 0.497 e. The summed E-state index contributed by atoms with van der Waals surface area (Å²) in [5.41, 5.74) is 0.692. The molecule has 7 nitrogen and oxygen atoms in total. The number of carbonyl (C=O) groups excluding carboxylic acids is 1. The summed E-state index contributed by atoms with van der Waals surface area (Å²) in [6.07, 6.45) is -0.244. The number of methoxy groups -OCH3 is 1. The molecule has 1 aliphatic rings. The van der Waals surface area contributed by atoms with Crippen molar-refractivity contribution in [1.82, 2.24) is 5.32 Å². The molecule has 44 heavy (non-hydrogen) atoms. The van der Waals surface area contributed by atoms with Crippen LogP contribution in [-0.2, 0) is 22.5 Å². The Bertz CT molecular complexity index is 1650. The summed E-state index contributed by atoms with van der Waals surface area (Å²) in [4.78, 5) is 19.4. The first-order chi connectivity index (χ1) is 21.3. The lowest BCUT2D eigenvalue weighted by molar-refractivity contribution is -0.129. The van der Waals surface area contributed by atoms with Crippen LogP contribution in [0.1, 0.15) is 34.8 Å². The van der Waals surface area contributed by atoms with E-state index in [9.17, 15) is 13.6 Å². The smallest absolute Gasteiger partial charge is 0.252 e. The maximum Gasteiger partial charge on any atom is 0.252 e. The standard InChI is InChI=1S/C34H31BrF2N2O5/c1-42-28-8-4-7-23(18-28)31-34(20-24-6-2-3-9-29(24)35,33(41)38-21-25-10-13-26(36)19-30(25)37)39-32(44-31)22-11-14-27(15-12-22)43-17-5-16-40/h2-4,6-15,18-19,31,40H,5,16-17,20-21H2,1H3,(H,38,41)/t31-,34-/m1/s1. The molecule has 228 valence electrons. The number of amides is 1. The average Bonchev–Trinajstić information content (AvgIpc) is 3.42. The summed E-state index contributed by atoms with van der Waals surface area (Å²) in [5.74, 6) is -0.526. The predicted octanol–water partition coefficient (Wildman–Crippen LogP) is 6.31. The maximum absolute atomic E-state index is 14.5. The Kier molecular flexibility index (Phi) is 9.92. The van der Waals surface area contributed by atoms with Gasteiger partial charge in [0.2, 0.25) is 5.90 Å². The molecule has 2 N–H and O–H groups in total. The van der Waals surface area contributed by atoms with Gasteiger partial charge in [-0.25, -0.2) is 13.8 Å². The molecule has 0 aromatic heterocycles. The van der Waals surface area contributed by atoms with Crippen molar-refractivity contribution in [3.63, 3.8) is 0 Å². The topological polar surface area (TPSA) is 89.4 Å². The number of benzene rings is 4. The Labute approximate surface area is 262 Å². The minimum absolute atomic E-state index is 0.0316. The van der Waals surface area contributed by atoms with Gasteiger partial charge in [-0.1, -0.05) is 52.3 Å². The molecule has 10 heteroatoms. The number of aliphatic hydroxyl groups is 1. The van der Waals surface area contributed by atoms with E-state index in [1.165, 1.54) is 6.07 Å². The number of hydrogen-bond donors (Lipinski definition) is 2. The normalized spacial score (nSPS) is 17.5. The molecule has 4 aromatic carbocycles. The zero-order valence-electron chi connectivity index (χ0n) is 23.9. The lowest BCUT2D eigenvalue weighted by atomic mass is 9.82. The van der Waals surface area contributed by atoms with E-state index >= 15 is 0 Å².